The lowest BCUT2D eigenvalue weighted by molar-refractivity contribution is -0.142. The number of nitrogens with zero attached hydrogens (tertiary/aromatic N) is 2. The number of halogens is 4. The van der Waals surface area contributed by atoms with Crippen LogP contribution in [-0.4, -0.2) is 33.4 Å². The molecule has 48 heavy (non-hydrogen) atoms. The van der Waals surface area contributed by atoms with Crippen molar-refractivity contribution in [3.63, 3.8) is 0 Å². The molecule has 4 amide bonds. The molecular weight excluding hydrogens is 690 g/mol. The Bertz CT molecular complexity index is 1770. The van der Waals surface area contributed by atoms with Crippen LogP contribution < -0.4 is 0 Å². The van der Waals surface area contributed by atoms with E-state index in [1.807, 2.05) is 84.9 Å². The van der Waals surface area contributed by atoms with Crippen LogP contribution in [0.2, 0.25) is 20.1 Å². The lowest BCUT2D eigenvalue weighted by atomic mass is 9.97. The second-order valence-electron chi connectivity index (χ2n) is 13.1. The highest BCUT2D eigenvalue weighted by molar-refractivity contribution is 6.35. The summed E-state index contributed by atoms with van der Waals surface area (Å²) in [5.41, 5.74) is 2.60. The fourth-order valence-electron chi connectivity index (χ4n) is 7.40. The van der Waals surface area contributed by atoms with Gasteiger partial charge in [-0.2, -0.15) is 0 Å². The molecule has 4 atom stereocenters. The van der Waals surface area contributed by atoms with E-state index in [-0.39, 0.29) is 48.3 Å². The molecule has 3 unspecified atom stereocenters. The molecule has 2 saturated carbocycles. The second-order valence-corrected chi connectivity index (χ2v) is 14.9. The number of rotatable bonds is 6. The van der Waals surface area contributed by atoms with E-state index in [0.29, 0.717) is 46.0 Å². The van der Waals surface area contributed by atoms with Crippen LogP contribution in [-0.2, 0) is 32.3 Å². The summed E-state index contributed by atoms with van der Waals surface area (Å²) in [5.74, 6) is -0.300. The zero-order valence-electron chi connectivity index (χ0n) is 25.7. The Morgan fingerprint density at radius 1 is 0.521 bits per heavy atom. The van der Waals surface area contributed by atoms with Crippen LogP contribution in [0.25, 0.3) is 0 Å². The van der Waals surface area contributed by atoms with Crippen molar-refractivity contribution in [3.05, 3.63) is 139 Å². The number of hydrogen-bond donors (Lipinski definition) is 0. The van der Waals surface area contributed by atoms with Gasteiger partial charge in [-0.3, -0.25) is 29.0 Å². The normalized spacial score (nSPS) is 25.6. The summed E-state index contributed by atoms with van der Waals surface area (Å²) >= 11 is 24.3. The molecule has 244 valence electrons. The predicted molar refractivity (Wildman–Crippen MR) is 186 cm³/mol. The summed E-state index contributed by atoms with van der Waals surface area (Å²) < 4.78 is 0. The highest BCUT2D eigenvalue weighted by Gasteiger charge is 2.68. The quantitative estimate of drug-likeness (QED) is 0.187. The highest BCUT2D eigenvalue weighted by Crippen LogP contribution is 2.66. The third kappa shape index (κ3) is 6.16. The van der Waals surface area contributed by atoms with Crippen LogP contribution in [0.5, 0.6) is 0 Å². The molecule has 10 heteroatoms. The number of hydrogen-bond acceptors (Lipinski definition) is 4. The minimum atomic E-state index is -0.597. The number of carbonyl (C=O) groups excluding carboxylic acids is 4. The average Bonchev–Trinajstić information content (AvgIpc) is 3.93. The molecule has 4 fully saturated rings. The maximum Gasteiger partial charge on any atom is 0.236 e. The Morgan fingerprint density at radius 2 is 0.854 bits per heavy atom. The molecule has 2 aliphatic carbocycles. The molecule has 4 aromatic carbocycles. The van der Waals surface area contributed by atoms with E-state index < -0.39 is 10.8 Å². The molecule has 6 nitrogen and oxygen atoms in total. The summed E-state index contributed by atoms with van der Waals surface area (Å²) in [6.45, 7) is 0.673. The lowest BCUT2D eigenvalue weighted by Gasteiger charge is -2.15. The molecule has 0 bridgehead atoms. The second kappa shape index (κ2) is 12.6. The largest absolute Gasteiger partial charge is 0.278 e. The van der Waals surface area contributed by atoms with E-state index in [0.717, 1.165) is 22.3 Å². The maximum absolute atomic E-state index is 12.9. The smallest absolute Gasteiger partial charge is 0.236 e. The lowest BCUT2D eigenvalue weighted by Crippen LogP contribution is -2.30. The van der Waals surface area contributed by atoms with Gasteiger partial charge in [-0.25, -0.2) is 0 Å². The first-order valence-corrected chi connectivity index (χ1v) is 17.2. The Labute approximate surface area is 298 Å². The van der Waals surface area contributed by atoms with E-state index in [1.54, 1.807) is 12.1 Å². The van der Waals surface area contributed by atoms with E-state index in [9.17, 15) is 19.2 Å². The van der Waals surface area contributed by atoms with Crippen molar-refractivity contribution in [1.82, 2.24) is 9.80 Å². The molecular formula is C38H30Cl4N2O4. The predicted octanol–water partition coefficient (Wildman–Crippen LogP) is 8.85. The monoisotopic (exact) mass is 718 g/mol. The zero-order chi connectivity index (χ0) is 33.8. The van der Waals surface area contributed by atoms with E-state index >= 15 is 0 Å². The van der Waals surface area contributed by atoms with Crippen LogP contribution in [0.15, 0.2) is 97.1 Å². The van der Waals surface area contributed by atoms with Gasteiger partial charge in [-0.1, -0.05) is 107 Å². The van der Waals surface area contributed by atoms with Crippen LogP contribution in [0.3, 0.4) is 0 Å². The number of carbonyl (C=O) groups is 4. The van der Waals surface area contributed by atoms with Crippen molar-refractivity contribution in [3.8, 4) is 0 Å². The van der Waals surface area contributed by atoms with Gasteiger partial charge in [0, 0.05) is 44.8 Å². The van der Waals surface area contributed by atoms with Crippen molar-refractivity contribution in [2.75, 3.05) is 0 Å². The summed E-state index contributed by atoms with van der Waals surface area (Å²) in [6.07, 6.45) is 1.90. The molecule has 0 N–H and O–H groups in total. The minimum Gasteiger partial charge on any atom is -0.278 e. The van der Waals surface area contributed by atoms with Crippen molar-refractivity contribution < 1.29 is 19.2 Å². The Hall–Kier alpha value is -3.68. The maximum atomic E-state index is 12.9. The topological polar surface area (TPSA) is 74.8 Å². The first-order chi connectivity index (χ1) is 23.0. The third-order valence-electron chi connectivity index (χ3n) is 9.97. The standard InChI is InChI=1S/2C19H15Cl2NO2/c2*20-14-6-13(7-15(21)8-14)16-9-19(16)10-17(23)22(18(19)24)11-12-4-2-1-3-5-12/h2*1-8,16H,9-11H2/t16?,19-;/m0./s1. The molecule has 8 rings (SSSR count). The van der Waals surface area contributed by atoms with Gasteiger partial charge < -0.3 is 0 Å². The van der Waals surface area contributed by atoms with Crippen LogP contribution in [0.4, 0.5) is 0 Å². The van der Waals surface area contributed by atoms with Gasteiger partial charge in [0.1, 0.15) is 0 Å². The summed E-state index contributed by atoms with van der Waals surface area (Å²) in [6, 6.07) is 29.8. The number of amides is 4. The van der Waals surface area contributed by atoms with E-state index in [2.05, 4.69) is 0 Å². The first kappa shape index (κ1) is 32.8. The highest BCUT2D eigenvalue weighted by atomic mass is 35.5. The number of likely N-dealkylation sites (tertiary alicyclic amines) is 2. The van der Waals surface area contributed by atoms with Gasteiger partial charge in [-0.05, 0) is 71.5 Å². The Morgan fingerprint density at radius 3 is 1.19 bits per heavy atom. The van der Waals surface area contributed by atoms with Gasteiger partial charge in [0.15, 0.2) is 0 Å². The number of imide groups is 2. The van der Waals surface area contributed by atoms with E-state index in [1.165, 1.54) is 9.80 Å². The van der Waals surface area contributed by atoms with Crippen LogP contribution in [0, 0.1) is 10.8 Å². The van der Waals surface area contributed by atoms with Gasteiger partial charge in [0.25, 0.3) is 0 Å². The molecule has 0 radical (unpaired) electrons. The van der Waals surface area contributed by atoms with Gasteiger partial charge in [0.05, 0.1) is 23.9 Å². The zero-order valence-corrected chi connectivity index (χ0v) is 28.7. The minimum absolute atomic E-state index is 0.0194. The third-order valence-corrected chi connectivity index (χ3v) is 10.8. The molecule has 2 saturated heterocycles. The SMILES string of the molecule is O=C1CC2(CC2c2cc(Cl)cc(Cl)c2)C(=O)N1Cc1ccccc1.O=C1C[C@]2(CC2c2cc(Cl)cc(Cl)c2)C(=O)N1Cc1ccccc1. The van der Waals surface area contributed by atoms with Crippen molar-refractivity contribution >= 4 is 70.0 Å². The van der Waals surface area contributed by atoms with Gasteiger partial charge >= 0.3 is 0 Å². The fourth-order valence-corrected chi connectivity index (χ4v) is 8.48. The molecule has 2 aliphatic heterocycles. The summed E-state index contributed by atoms with van der Waals surface area (Å²) in [4.78, 5) is 53.4. The van der Waals surface area contributed by atoms with Gasteiger partial charge in [-0.15, -0.1) is 0 Å². The van der Waals surface area contributed by atoms with Crippen molar-refractivity contribution in [2.45, 2.75) is 50.6 Å². The summed E-state index contributed by atoms with van der Waals surface area (Å²) in [7, 11) is 0. The van der Waals surface area contributed by atoms with Crippen LogP contribution in [0.1, 0.15) is 59.8 Å². The number of benzene rings is 4. The fraction of sp³-hybridized carbons (Fsp3) is 0.263. The van der Waals surface area contributed by atoms with Gasteiger partial charge in [0.2, 0.25) is 23.6 Å². The molecule has 2 heterocycles. The summed E-state index contributed by atoms with van der Waals surface area (Å²) in [5, 5.41) is 2.21. The molecule has 0 aromatic heterocycles. The molecule has 4 aliphatic rings. The Balaban J connectivity index is 0.000000152. The Kier molecular flexibility index (Phi) is 8.66. The molecule has 2 spiro atoms. The molecule has 4 aromatic rings. The van der Waals surface area contributed by atoms with E-state index in [4.69, 9.17) is 46.4 Å². The average molecular weight is 720 g/mol. The van der Waals surface area contributed by atoms with Crippen molar-refractivity contribution in [2.24, 2.45) is 10.8 Å². The first-order valence-electron chi connectivity index (χ1n) is 15.7. The van der Waals surface area contributed by atoms with Crippen LogP contribution >= 0.6 is 46.4 Å². The van der Waals surface area contributed by atoms with Crippen molar-refractivity contribution in [1.29, 1.82) is 0 Å².